The zero-order valence-electron chi connectivity index (χ0n) is 13.9. The minimum Gasteiger partial charge on any atom is -0.447 e. The van der Waals surface area contributed by atoms with Gasteiger partial charge in [0.25, 0.3) is 0 Å². The van der Waals surface area contributed by atoms with Crippen LogP contribution in [-0.2, 0) is 14.3 Å². The van der Waals surface area contributed by atoms with Crippen molar-refractivity contribution in [3.63, 3.8) is 0 Å². The number of carbonyl (C=O) groups excluding carboxylic acids is 3. The van der Waals surface area contributed by atoms with Crippen LogP contribution in [0.2, 0.25) is 0 Å². The van der Waals surface area contributed by atoms with Gasteiger partial charge >= 0.3 is 6.09 Å². The first-order valence-corrected chi connectivity index (χ1v) is 7.84. The molecule has 1 aromatic carbocycles. The highest BCUT2D eigenvalue weighted by atomic mass is 16.6. The quantitative estimate of drug-likeness (QED) is 0.860. The number of hydrogen-bond donors (Lipinski definition) is 1. The van der Waals surface area contributed by atoms with E-state index in [1.54, 1.807) is 0 Å². The summed E-state index contributed by atoms with van der Waals surface area (Å²) in [5.41, 5.74) is 1.32. The molecular weight excluding hydrogens is 296 g/mol. The summed E-state index contributed by atoms with van der Waals surface area (Å²) in [7, 11) is 0. The molecule has 0 aliphatic carbocycles. The van der Waals surface area contributed by atoms with Crippen molar-refractivity contribution in [2.24, 2.45) is 5.92 Å². The second-order valence-electron chi connectivity index (χ2n) is 4.96. The molecule has 23 heavy (non-hydrogen) atoms. The number of hydrogen-bond acceptors (Lipinski definition) is 4. The fourth-order valence-electron chi connectivity index (χ4n) is 2.13. The van der Waals surface area contributed by atoms with Crippen molar-refractivity contribution in [2.45, 2.75) is 27.2 Å². The summed E-state index contributed by atoms with van der Waals surface area (Å²) in [6, 6.07) is 10.3. The standard InChI is InChI=1S/C8H10N2O4.C7H8.C2H6/c11-6-3-5(4-9-6)7(12)10-1-2-14-8(10)13;1-7-5-3-2-4-6-7;1-2/h5H,1-4H2,(H,9,11);2-6H,1H3;1-2H3. The highest BCUT2D eigenvalue weighted by Gasteiger charge is 2.36. The second-order valence-corrected chi connectivity index (χ2v) is 4.96. The van der Waals surface area contributed by atoms with Crippen LogP contribution >= 0.6 is 0 Å². The highest BCUT2D eigenvalue weighted by Crippen LogP contribution is 2.15. The maximum Gasteiger partial charge on any atom is 0.416 e. The number of benzene rings is 1. The van der Waals surface area contributed by atoms with Crippen LogP contribution in [0.4, 0.5) is 4.79 Å². The van der Waals surface area contributed by atoms with Gasteiger partial charge in [-0.15, -0.1) is 0 Å². The van der Waals surface area contributed by atoms with Crippen molar-refractivity contribution < 1.29 is 19.1 Å². The molecule has 3 rings (SSSR count). The van der Waals surface area contributed by atoms with Gasteiger partial charge in [-0.1, -0.05) is 49.7 Å². The topological polar surface area (TPSA) is 75.7 Å². The number of aryl methyl sites for hydroxylation is 1. The molecule has 0 aromatic heterocycles. The Labute approximate surface area is 136 Å². The van der Waals surface area contributed by atoms with Crippen LogP contribution in [0, 0.1) is 12.8 Å². The number of ether oxygens (including phenoxy) is 1. The average molecular weight is 320 g/mol. The van der Waals surface area contributed by atoms with Gasteiger partial charge in [0.05, 0.1) is 12.5 Å². The third kappa shape index (κ3) is 5.73. The average Bonchev–Trinajstić information content (AvgIpc) is 3.19. The van der Waals surface area contributed by atoms with Crippen molar-refractivity contribution in [1.29, 1.82) is 0 Å². The number of carbonyl (C=O) groups is 3. The highest BCUT2D eigenvalue weighted by molar-refractivity contribution is 5.97. The predicted molar refractivity (Wildman–Crippen MR) is 86.7 cm³/mol. The van der Waals surface area contributed by atoms with Gasteiger partial charge in [-0.05, 0) is 6.92 Å². The molecule has 1 unspecified atom stereocenters. The molecule has 2 saturated heterocycles. The van der Waals surface area contributed by atoms with E-state index in [2.05, 4.69) is 29.1 Å². The molecule has 6 heteroatoms. The van der Waals surface area contributed by atoms with Crippen molar-refractivity contribution in [3.05, 3.63) is 35.9 Å². The SMILES string of the molecule is CC.Cc1ccccc1.O=C1CC(C(=O)N2CCOC2=O)CN1. The van der Waals surface area contributed by atoms with Crippen LogP contribution in [0.3, 0.4) is 0 Å². The summed E-state index contributed by atoms with van der Waals surface area (Å²) >= 11 is 0. The normalized spacial score (nSPS) is 18.9. The Hall–Kier alpha value is -2.37. The van der Waals surface area contributed by atoms with Crippen molar-refractivity contribution >= 4 is 17.9 Å². The molecule has 2 aliphatic rings. The van der Waals surface area contributed by atoms with Gasteiger partial charge in [-0.3, -0.25) is 9.59 Å². The molecule has 1 atom stereocenters. The molecule has 0 bridgehead atoms. The smallest absolute Gasteiger partial charge is 0.416 e. The number of imide groups is 1. The lowest BCUT2D eigenvalue weighted by Gasteiger charge is -2.13. The van der Waals surface area contributed by atoms with Crippen LogP contribution < -0.4 is 5.32 Å². The number of nitrogens with zero attached hydrogens (tertiary/aromatic N) is 1. The Morgan fingerprint density at radius 1 is 1.22 bits per heavy atom. The lowest BCUT2D eigenvalue weighted by Crippen LogP contribution is -2.37. The molecule has 6 nitrogen and oxygen atoms in total. The summed E-state index contributed by atoms with van der Waals surface area (Å²) < 4.78 is 4.63. The van der Waals surface area contributed by atoms with Gasteiger partial charge < -0.3 is 10.1 Å². The first kappa shape index (κ1) is 18.7. The molecular formula is C17H24N2O4. The molecule has 1 aromatic rings. The van der Waals surface area contributed by atoms with E-state index in [1.807, 2.05) is 32.0 Å². The Morgan fingerprint density at radius 3 is 2.26 bits per heavy atom. The number of nitrogens with one attached hydrogen (secondary N) is 1. The third-order valence-corrected chi connectivity index (χ3v) is 3.29. The van der Waals surface area contributed by atoms with Crippen LogP contribution in [0.5, 0.6) is 0 Å². The van der Waals surface area contributed by atoms with Crippen LogP contribution in [0.15, 0.2) is 30.3 Å². The Morgan fingerprint density at radius 2 is 1.87 bits per heavy atom. The van der Waals surface area contributed by atoms with Crippen molar-refractivity contribution in [2.75, 3.05) is 19.7 Å². The molecule has 1 N–H and O–H groups in total. The first-order valence-electron chi connectivity index (χ1n) is 7.84. The zero-order valence-corrected chi connectivity index (χ0v) is 13.9. The fourth-order valence-corrected chi connectivity index (χ4v) is 2.13. The van der Waals surface area contributed by atoms with Crippen LogP contribution in [-0.4, -0.2) is 42.5 Å². The maximum absolute atomic E-state index is 11.6. The van der Waals surface area contributed by atoms with Crippen molar-refractivity contribution in [1.82, 2.24) is 10.2 Å². The minimum absolute atomic E-state index is 0.143. The first-order chi connectivity index (χ1) is 11.1. The molecule has 2 heterocycles. The number of amides is 3. The van der Waals surface area contributed by atoms with Gasteiger partial charge in [0.1, 0.15) is 6.61 Å². The van der Waals surface area contributed by atoms with Crippen molar-refractivity contribution in [3.8, 4) is 0 Å². The molecule has 0 spiro atoms. The summed E-state index contributed by atoms with van der Waals surface area (Å²) in [5, 5.41) is 2.55. The van der Waals surface area contributed by atoms with Gasteiger partial charge in [-0.25, -0.2) is 9.69 Å². The third-order valence-electron chi connectivity index (χ3n) is 3.29. The van der Waals surface area contributed by atoms with E-state index in [0.29, 0.717) is 13.1 Å². The molecule has 126 valence electrons. The van der Waals surface area contributed by atoms with Crippen LogP contribution in [0.1, 0.15) is 25.8 Å². The van der Waals surface area contributed by atoms with E-state index in [9.17, 15) is 14.4 Å². The Bertz CT molecular complexity index is 531. The summed E-state index contributed by atoms with van der Waals surface area (Å²) in [6.45, 7) is 6.95. The van der Waals surface area contributed by atoms with E-state index in [0.717, 1.165) is 4.90 Å². The summed E-state index contributed by atoms with van der Waals surface area (Å²) in [6.07, 6.45) is -0.433. The van der Waals surface area contributed by atoms with Gasteiger partial charge in [0.15, 0.2) is 0 Å². The summed E-state index contributed by atoms with van der Waals surface area (Å²) in [5.74, 6) is -0.866. The fraction of sp³-hybridized carbons (Fsp3) is 0.471. The predicted octanol–water partition coefficient (Wildman–Crippen LogP) is 2.12. The maximum atomic E-state index is 11.6. The van der Waals surface area contributed by atoms with E-state index in [-0.39, 0.29) is 24.8 Å². The monoisotopic (exact) mass is 320 g/mol. The number of rotatable bonds is 1. The van der Waals surface area contributed by atoms with Crippen LogP contribution in [0.25, 0.3) is 0 Å². The van der Waals surface area contributed by atoms with E-state index < -0.39 is 12.0 Å². The lowest BCUT2D eigenvalue weighted by molar-refractivity contribution is -0.132. The molecule has 0 radical (unpaired) electrons. The molecule has 0 saturated carbocycles. The molecule has 2 aliphatic heterocycles. The van der Waals surface area contributed by atoms with Gasteiger partial charge in [-0.2, -0.15) is 0 Å². The molecule has 2 fully saturated rings. The largest absolute Gasteiger partial charge is 0.447 e. The molecule has 3 amide bonds. The van der Waals surface area contributed by atoms with E-state index in [4.69, 9.17) is 0 Å². The summed E-state index contributed by atoms with van der Waals surface area (Å²) in [4.78, 5) is 34.6. The van der Waals surface area contributed by atoms with E-state index in [1.165, 1.54) is 5.56 Å². The zero-order chi connectivity index (χ0) is 17.2. The number of cyclic esters (lactones) is 1. The van der Waals surface area contributed by atoms with Gasteiger partial charge in [0, 0.05) is 13.0 Å². The van der Waals surface area contributed by atoms with E-state index >= 15 is 0 Å². The second kappa shape index (κ2) is 9.61. The minimum atomic E-state index is -0.602. The van der Waals surface area contributed by atoms with Gasteiger partial charge in [0.2, 0.25) is 11.8 Å². The Balaban J connectivity index is 0.000000247. The lowest BCUT2D eigenvalue weighted by atomic mass is 10.1. The Kier molecular flexibility index (Phi) is 7.80.